The van der Waals surface area contributed by atoms with Crippen molar-refractivity contribution in [1.29, 1.82) is 0 Å². The van der Waals surface area contributed by atoms with Crippen LogP contribution in [0, 0.1) is 11.8 Å². The van der Waals surface area contributed by atoms with E-state index in [0.717, 1.165) is 10.5 Å². The lowest BCUT2D eigenvalue weighted by Crippen LogP contribution is -2.30. The van der Waals surface area contributed by atoms with Crippen LogP contribution in [0.1, 0.15) is 5.56 Å². The quantitative estimate of drug-likeness (QED) is 0.607. The molecule has 1 aliphatic rings. The molecule has 0 radical (unpaired) electrons. The second-order valence-electron chi connectivity index (χ2n) is 3.19. The molecule has 1 heterocycles. The summed E-state index contributed by atoms with van der Waals surface area (Å²) in [5, 5.41) is 0. The summed E-state index contributed by atoms with van der Waals surface area (Å²) < 4.78 is 4.64. The lowest BCUT2D eigenvalue weighted by atomic mass is 10.2. The van der Waals surface area contributed by atoms with E-state index in [1.807, 2.05) is 18.2 Å². The van der Waals surface area contributed by atoms with Gasteiger partial charge in [0.2, 0.25) is 0 Å². The number of rotatable bonds is 0. The van der Waals surface area contributed by atoms with Gasteiger partial charge in [0.1, 0.15) is 6.61 Å². The third-order valence-electron chi connectivity index (χ3n) is 2.09. The summed E-state index contributed by atoms with van der Waals surface area (Å²) in [5.41, 5.74) is 0.739. The maximum atomic E-state index is 11.5. The monoisotopic (exact) mass is 215 g/mol. The molecule has 2 amide bonds. The van der Waals surface area contributed by atoms with Crippen LogP contribution in [0.4, 0.5) is 4.79 Å². The van der Waals surface area contributed by atoms with Crippen LogP contribution in [-0.4, -0.2) is 30.1 Å². The van der Waals surface area contributed by atoms with Crippen molar-refractivity contribution >= 4 is 12.0 Å². The number of imide groups is 1. The lowest BCUT2D eigenvalue weighted by molar-refractivity contribution is -0.121. The zero-order valence-corrected chi connectivity index (χ0v) is 8.47. The summed E-state index contributed by atoms with van der Waals surface area (Å²) in [7, 11) is 0. The topological polar surface area (TPSA) is 46.6 Å². The summed E-state index contributed by atoms with van der Waals surface area (Å²) in [5.74, 6) is 4.58. The molecule has 2 rings (SSSR count). The Balaban J connectivity index is 2.08. The summed E-state index contributed by atoms with van der Waals surface area (Å²) >= 11 is 0. The zero-order chi connectivity index (χ0) is 11.4. The minimum Gasteiger partial charge on any atom is -0.447 e. The van der Waals surface area contributed by atoms with Crippen LogP contribution in [0.5, 0.6) is 0 Å². The Hall–Kier alpha value is -2.28. The van der Waals surface area contributed by atoms with E-state index in [-0.39, 0.29) is 13.2 Å². The molecule has 1 aliphatic heterocycles. The highest BCUT2D eigenvalue weighted by Crippen LogP contribution is 2.03. The zero-order valence-electron chi connectivity index (χ0n) is 8.47. The van der Waals surface area contributed by atoms with Gasteiger partial charge in [-0.2, -0.15) is 0 Å². The molecule has 0 bridgehead atoms. The molecular formula is C12H9NO3. The summed E-state index contributed by atoms with van der Waals surface area (Å²) in [6.07, 6.45) is -0.618. The molecule has 1 aromatic carbocycles. The number of amides is 2. The Labute approximate surface area is 92.8 Å². The number of carbonyl (C=O) groups excluding carboxylic acids is 2. The Bertz CT molecular complexity index is 470. The van der Waals surface area contributed by atoms with E-state index in [9.17, 15) is 9.59 Å². The molecule has 4 nitrogen and oxygen atoms in total. The molecular weight excluding hydrogens is 206 g/mol. The third-order valence-corrected chi connectivity index (χ3v) is 2.09. The lowest BCUT2D eigenvalue weighted by Gasteiger charge is -2.03. The number of carbonyl (C=O) groups is 2. The van der Waals surface area contributed by atoms with Crippen molar-refractivity contribution in [2.24, 2.45) is 0 Å². The van der Waals surface area contributed by atoms with Crippen molar-refractivity contribution in [1.82, 2.24) is 4.90 Å². The molecule has 1 saturated heterocycles. The summed E-state index contributed by atoms with van der Waals surface area (Å²) in [6.45, 7) is 0.527. The Morgan fingerprint density at radius 1 is 1.31 bits per heavy atom. The highest BCUT2D eigenvalue weighted by Gasteiger charge is 2.26. The summed E-state index contributed by atoms with van der Waals surface area (Å²) in [6, 6.07) is 9.12. The molecule has 1 aromatic rings. The standard InChI is InChI=1S/C12H9NO3/c14-11(13-8-9-16-12(13)15)7-6-10-4-2-1-3-5-10/h1-5H,8-9H2. The van der Waals surface area contributed by atoms with Crippen molar-refractivity contribution in [3.8, 4) is 11.8 Å². The maximum Gasteiger partial charge on any atom is 0.417 e. The number of hydrogen-bond donors (Lipinski definition) is 0. The number of benzene rings is 1. The van der Waals surface area contributed by atoms with Gasteiger partial charge in [-0.05, 0) is 12.1 Å². The van der Waals surface area contributed by atoms with Crippen molar-refractivity contribution in [2.75, 3.05) is 13.2 Å². The van der Waals surface area contributed by atoms with E-state index in [4.69, 9.17) is 0 Å². The van der Waals surface area contributed by atoms with Crippen molar-refractivity contribution < 1.29 is 14.3 Å². The predicted octanol–water partition coefficient (Wildman–Crippen LogP) is 1.02. The Morgan fingerprint density at radius 2 is 2.06 bits per heavy atom. The van der Waals surface area contributed by atoms with Gasteiger partial charge in [0.15, 0.2) is 0 Å². The normalized spacial score (nSPS) is 14.0. The van der Waals surface area contributed by atoms with Crippen LogP contribution in [0.3, 0.4) is 0 Å². The molecule has 0 atom stereocenters. The highest BCUT2D eigenvalue weighted by atomic mass is 16.6. The second-order valence-corrected chi connectivity index (χ2v) is 3.19. The Kier molecular flexibility index (Phi) is 2.88. The number of ether oxygens (including phenoxy) is 1. The molecule has 0 aromatic heterocycles. The van der Waals surface area contributed by atoms with E-state index in [2.05, 4.69) is 16.6 Å². The number of nitrogens with zero attached hydrogens (tertiary/aromatic N) is 1. The predicted molar refractivity (Wildman–Crippen MR) is 56.4 cm³/mol. The first-order valence-corrected chi connectivity index (χ1v) is 4.83. The van der Waals surface area contributed by atoms with Gasteiger partial charge in [0.25, 0.3) is 0 Å². The highest BCUT2D eigenvalue weighted by molar-refractivity contribution is 6.03. The van der Waals surface area contributed by atoms with Crippen molar-refractivity contribution in [3.63, 3.8) is 0 Å². The van der Waals surface area contributed by atoms with Crippen molar-refractivity contribution in [2.45, 2.75) is 0 Å². The molecule has 80 valence electrons. The van der Waals surface area contributed by atoms with Crippen LogP contribution in [-0.2, 0) is 9.53 Å². The maximum absolute atomic E-state index is 11.5. The van der Waals surface area contributed by atoms with E-state index in [1.165, 1.54) is 0 Å². The SMILES string of the molecule is O=C(C#Cc1ccccc1)N1CCOC1=O. The molecule has 0 aliphatic carbocycles. The van der Waals surface area contributed by atoms with Gasteiger partial charge in [0, 0.05) is 11.5 Å². The molecule has 4 heteroatoms. The largest absolute Gasteiger partial charge is 0.447 e. The van der Waals surface area contributed by atoms with E-state index >= 15 is 0 Å². The van der Waals surface area contributed by atoms with E-state index in [0.29, 0.717) is 0 Å². The smallest absolute Gasteiger partial charge is 0.417 e. The van der Waals surface area contributed by atoms with Gasteiger partial charge in [-0.25, -0.2) is 9.69 Å². The van der Waals surface area contributed by atoms with Gasteiger partial charge in [-0.1, -0.05) is 24.1 Å². The number of cyclic esters (lactones) is 1. The minimum atomic E-state index is -0.618. The summed E-state index contributed by atoms with van der Waals surface area (Å²) in [4.78, 5) is 23.5. The van der Waals surface area contributed by atoms with Crippen LogP contribution >= 0.6 is 0 Å². The molecule has 0 unspecified atom stereocenters. The fourth-order valence-electron chi connectivity index (χ4n) is 1.29. The first-order valence-electron chi connectivity index (χ1n) is 4.83. The fraction of sp³-hybridized carbons (Fsp3) is 0.167. The molecule has 0 N–H and O–H groups in total. The van der Waals surface area contributed by atoms with Gasteiger partial charge >= 0.3 is 12.0 Å². The first-order chi connectivity index (χ1) is 7.77. The van der Waals surface area contributed by atoms with Crippen molar-refractivity contribution in [3.05, 3.63) is 35.9 Å². The van der Waals surface area contributed by atoms with Gasteiger partial charge < -0.3 is 4.74 Å². The Morgan fingerprint density at radius 3 is 2.69 bits per heavy atom. The fourth-order valence-corrected chi connectivity index (χ4v) is 1.29. The minimum absolute atomic E-state index is 0.248. The average molecular weight is 215 g/mol. The molecule has 1 fully saturated rings. The molecule has 16 heavy (non-hydrogen) atoms. The van der Waals surface area contributed by atoms with Gasteiger partial charge in [-0.15, -0.1) is 0 Å². The van der Waals surface area contributed by atoms with E-state index < -0.39 is 12.0 Å². The van der Waals surface area contributed by atoms with Crippen LogP contribution in [0.15, 0.2) is 30.3 Å². The third kappa shape index (κ3) is 2.20. The van der Waals surface area contributed by atoms with Gasteiger partial charge in [0.05, 0.1) is 6.54 Å². The van der Waals surface area contributed by atoms with Crippen LogP contribution in [0.2, 0.25) is 0 Å². The van der Waals surface area contributed by atoms with Gasteiger partial charge in [-0.3, -0.25) is 4.79 Å². The number of hydrogen-bond acceptors (Lipinski definition) is 3. The first kappa shape index (κ1) is 10.2. The van der Waals surface area contributed by atoms with E-state index in [1.54, 1.807) is 12.1 Å². The average Bonchev–Trinajstić information content (AvgIpc) is 2.74. The molecule has 0 saturated carbocycles. The second kappa shape index (κ2) is 4.49. The van der Waals surface area contributed by atoms with Crippen LogP contribution < -0.4 is 0 Å². The van der Waals surface area contributed by atoms with Crippen LogP contribution in [0.25, 0.3) is 0 Å². The molecule has 0 spiro atoms.